The lowest BCUT2D eigenvalue weighted by Gasteiger charge is -2.08. The minimum Gasteiger partial charge on any atom is -0.352 e. The van der Waals surface area contributed by atoms with Crippen molar-refractivity contribution in [3.05, 3.63) is 70.3 Å². The summed E-state index contributed by atoms with van der Waals surface area (Å²) in [6.45, 7) is 2.19. The number of fused-ring (bicyclic) bond motifs is 1. The Labute approximate surface area is 145 Å². The molecule has 24 heavy (non-hydrogen) atoms. The van der Waals surface area contributed by atoms with Gasteiger partial charge in [0.2, 0.25) is 5.91 Å². The van der Waals surface area contributed by atoms with Crippen LogP contribution in [-0.2, 0) is 30.8 Å². The quantitative estimate of drug-likeness (QED) is 0.867. The van der Waals surface area contributed by atoms with E-state index in [1.807, 2.05) is 6.07 Å². The molecule has 2 aromatic carbocycles. The van der Waals surface area contributed by atoms with Crippen molar-refractivity contribution in [3.63, 3.8) is 0 Å². The molecule has 0 bridgehead atoms. The van der Waals surface area contributed by atoms with E-state index in [4.69, 9.17) is 0 Å². The molecule has 0 fully saturated rings. The minimum absolute atomic E-state index is 0. The number of nitrogens with one attached hydrogen (secondary N) is 2. The lowest BCUT2D eigenvalue weighted by Crippen LogP contribution is -2.23. The van der Waals surface area contributed by atoms with Crippen LogP contribution in [0.1, 0.15) is 28.7 Å². The van der Waals surface area contributed by atoms with E-state index in [2.05, 4.69) is 22.8 Å². The van der Waals surface area contributed by atoms with E-state index in [1.54, 1.807) is 0 Å². The molecule has 1 aliphatic heterocycles. The Balaban J connectivity index is 0.00000208. The average Bonchev–Trinajstić information content (AvgIpc) is 3.01. The highest BCUT2D eigenvalue weighted by atomic mass is 35.5. The van der Waals surface area contributed by atoms with Gasteiger partial charge in [0.15, 0.2) is 0 Å². The summed E-state index contributed by atoms with van der Waals surface area (Å²) in [6.07, 6.45) is 0.316. The molecular formula is C18H19ClF2N2O. The van der Waals surface area contributed by atoms with Gasteiger partial charge in [-0.05, 0) is 46.9 Å². The van der Waals surface area contributed by atoms with Crippen molar-refractivity contribution in [2.24, 2.45) is 0 Å². The number of aryl methyl sites for hydroxylation is 1. The highest BCUT2D eigenvalue weighted by Crippen LogP contribution is 2.17. The van der Waals surface area contributed by atoms with E-state index in [0.29, 0.717) is 6.54 Å². The van der Waals surface area contributed by atoms with Crippen LogP contribution in [0.4, 0.5) is 8.78 Å². The van der Waals surface area contributed by atoms with E-state index in [0.717, 1.165) is 36.9 Å². The maximum absolute atomic E-state index is 13.5. The van der Waals surface area contributed by atoms with Crippen molar-refractivity contribution in [3.8, 4) is 0 Å². The van der Waals surface area contributed by atoms with Crippen molar-refractivity contribution in [1.82, 2.24) is 10.6 Å². The molecule has 3 nitrogen and oxygen atoms in total. The van der Waals surface area contributed by atoms with Gasteiger partial charge in [-0.25, -0.2) is 8.78 Å². The summed E-state index contributed by atoms with van der Waals surface area (Å²) >= 11 is 0. The summed E-state index contributed by atoms with van der Waals surface area (Å²) in [4.78, 5) is 11.9. The van der Waals surface area contributed by atoms with Gasteiger partial charge in [-0.1, -0.05) is 18.2 Å². The van der Waals surface area contributed by atoms with Crippen LogP contribution in [0.3, 0.4) is 0 Å². The third-order valence-electron chi connectivity index (χ3n) is 4.02. The molecular weight excluding hydrogens is 334 g/mol. The number of carbonyl (C=O) groups is 1. The van der Waals surface area contributed by atoms with Crippen LogP contribution in [-0.4, -0.2) is 5.91 Å². The summed E-state index contributed by atoms with van der Waals surface area (Å²) in [7, 11) is 0. The first-order chi connectivity index (χ1) is 11.1. The van der Waals surface area contributed by atoms with Gasteiger partial charge in [0.1, 0.15) is 11.6 Å². The molecule has 0 atom stereocenters. The van der Waals surface area contributed by atoms with Gasteiger partial charge in [-0.15, -0.1) is 12.4 Å². The second-order valence-electron chi connectivity index (χ2n) is 5.72. The standard InChI is InChI=1S/C18H18F2N2O.ClH/c19-16-4-5-17(20)13(8-16)3-6-18(23)22-9-12-1-2-14-10-21-11-15(14)7-12;/h1-2,4-5,7-8,21H,3,6,9-11H2,(H,22,23);1H. The third kappa shape index (κ3) is 4.52. The molecule has 0 aliphatic carbocycles. The van der Waals surface area contributed by atoms with Crippen molar-refractivity contribution < 1.29 is 13.6 Å². The summed E-state index contributed by atoms with van der Waals surface area (Å²) in [5.41, 5.74) is 3.82. The predicted molar refractivity (Wildman–Crippen MR) is 90.8 cm³/mol. The number of benzene rings is 2. The lowest BCUT2D eigenvalue weighted by molar-refractivity contribution is -0.121. The van der Waals surface area contributed by atoms with Crippen LogP contribution < -0.4 is 10.6 Å². The molecule has 0 spiro atoms. The number of halogens is 3. The van der Waals surface area contributed by atoms with Crippen molar-refractivity contribution in [2.45, 2.75) is 32.5 Å². The Morgan fingerprint density at radius 1 is 1.08 bits per heavy atom. The lowest BCUT2D eigenvalue weighted by atomic mass is 10.1. The highest BCUT2D eigenvalue weighted by Gasteiger charge is 2.11. The molecule has 0 unspecified atom stereocenters. The van der Waals surface area contributed by atoms with Gasteiger partial charge >= 0.3 is 0 Å². The summed E-state index contributed by atoms with van der Waals surface area (Å²) < 4.78 is 26.6. The van der Waals surface area contributed by atoms with Crippen molar-refractivity contribution >= 4 is 18.3 Å². The smallest absolute Gasteiger partial charge is 0.220 e. The fourth-order valence-corrected chi connectivity index (χ4v) is 2.73. The Bertz CT molecular complexity index is 737. The minimum atomic E-state index is -0.492. The van der Waals surface area contributed by atoms with Gasteiger partial charge in [-0.2, -0.15) is 0 Å². The fourth-order valence-electron chi connectivity index (χ4n) is 2.73. The maximum atomic E-state index is 13.5. The van der Waals surface area contributed by atoms with E-state index >= 15 is 0 Å². The van der Waals surface area contributed by atoms with Crippen LogP contribution in [0.15, 0.2) is 36.4 Å². The van der Waals surface area contributed by atoms with Crippen molar-refractivity contribution in [1.29, 1.82) is 0 Å². The second kappa shape index (κ2) is 8.22. The average molecular weight is 353 g/mol. The van der Waals surface area contributed by atoms with Crippen LogP contribution in [0, 0.1) is 11.6 Å². The normalized spacial score (nSPS) is 12.4. The monoisotopic (exact) mass is 352 g/mol. The fraction of sp³-hybridized carbons (Fsp3) is 0.278. The molecule has 0 radical (unpaired) electrons. The van der Waals surface area contributed by atoms with Gasteiger partial charge in [0.25, 0.3) is 0 Å². The zero-order valence-electron chi connectivity index (χ0n) is 13.1. The summed E-state index contributed by atoms with van der Waals surface area (Å²) in [6, 6.07) is 9.44. The maximum Gasteiger partial charge on any atom is 0.220 e. The van der Waals surface area contributed by atoms with Gasteiger partial charge in [0.05, 0.1) is 0 Å². The SMILES string of the molecule is Cl.O=C(CCc1cc(F)ccc1F)NCc1ccc2c(c1)CNC2. The molecule has 2 aromatic rings. The topological polar surface area (TPSA) is 41.1 Å². The first-order valence-electron chi connectivity index (χ1n) is 7.64. The van der Waals surface area contributed by atoms with E-state index < -0.39 is 11.6 Å². The predicted octanol–water partition coefficient (Wildman–Crippen LogP) is 3.24. The summed E-state index contributed by atoms with van der Waals surface area (Å²) in [5.74, 6) is -1.15. The zero-order chi connectivity index (χ0) is 16.2. The second-order valence-corrected chi connectivity index (χ2v) is 5.72. The molecule has 0 saturated heterocycles. The zero-order valence-corrected chi connectivity index (χ0v) is 13.9. The molecule has 2 N–H and O–H groups in total. The molecule has 1 heterocycles. The molecule has 128 valence electrons. The van der Waals surface area contributed by atoms with E-state index in [9.17, 15) is 13.6 Å². The van der Waals surface area contributed by atoms with Crippen molar-refractivity contribution in [2.75, 3.05) is 0 Å². The van der Waals surface area contributed by atoms with Gasteiger partial charge in [0, 0.05) is 26.1 Å². The summed E-state index contributed by atoms with van der Waals surface area (Å²) in [5, 5.41) is 6.09. The first kappa shape index (κ1) is 18.4. The molecule has 0 aromatic heterocycles. The molecule has 1 amide bonds. The number of hydrogen-bond donors (Lipinski definition) is 2. The number of amides is 1. The van der Waals surface area contributed by atoms with Crippen LogP contribution in [0.5, 0.6) is 0 Å². The Hall–Kier alpha value is -1.98. The van der Waals surface area contributed by atoms with Crippen LogP contribution >= 0.6 is 12.4 Å². The van der Waals surface area contributed by atoms with Gasteiger partial charge < -0.3 is 10.6 Å². The van der Waals surface area contributed by atoms with E-state index in [1.165, 1.54) is 11.1 Å². The Morgan fingerprint density at radius 2 is 1.88 bits per heavy atom. The number of rotatable bonds is 5. The number of carbonyl (C=O) groups excluding carboxylic acids is 1. The van der Waals surface area contributed by atoms with Crippen LogP contribution in [0.25, 0.3) is 0 Å². The molecule has 3 rings (SSSR count). The highest BCUT2D eigenvalue weighted by molar-refractivity contribution is 5.85. The first-order valence-corrected chi connectivity index (χ1v) is 7.64. The third-order valence-corrected chi connectivity index (χ3v) is 4.02. The van der Waals surface area contributed by atoms with Crippen LogP contribution in [0.2, 0.25) is 0 Å². The van der Waals surface area contributed by atoms with E-state index in [-0.39, 0.29) is 36.7 Å². The molecule has 0 saturated carbocycles. The number of hydrogen-bond acceptors (Lipinski definition) is 2. The van der Waals surface area contributed by atoms with Gasteiger partial charge in [-0.3, -0.25) is 4.79 Å². The Kier molecular flexibility index (Phi) is 6.29. The molecule has 1 aliphatic rings. The molecule has 6 heteroatoms. The largest absolute Gasteiger partial charge is 0.352 e. The Morgan fingerprint density at radius 3 is 2.71 bits per heavy atom.